The van der Waals surface area contributed by atoms with Crippen LogP contribution in [0.15, 0.2) is 18.2 Å². The van der Waals surface area contributed by atoms with E-state index in [0.29, 0.717) is 24.3 Å². The van der Waals surface area contributed by atoms with E-state index < -0.39 is 30.5 Å². The lowest BCUT2D eigenvalue weighted by atomic mass is 9.84. The van der Waals surface area contributed by atoms with Crippen molar-refractivity contribution in [2.24, 2.45) is 0 Å². The normalized spacial score (nSPS) is 25.5. The predicted octanol–water partition coefficient (Wildman–Crippen LogP) is 3.21. The molecule has 144 valence electrons. The minimum atomic E-state index is -4.45. The molecule has 2 aliphatic rings. The number of piperidine rings is 1. The number of carbonyl (C=O) groups excluding carboxylic acids is 1. The van der Waals surface area contributed by atoms with Crippen molar-refractivity contribution in [2.45, 2.75) is 57.0 Å². The number of hydrogen-bond donors (Lipinski definition) is 1. The maximum absolute atomic E-state index is 12.4. The molecule has 1 amide bonds. The monoisotopic (exact) mass is 373 g/mol. The van der Waals surface area contributed by atoms with Crippen LogP contribution in [0.2, 0.25) is 0 Å². The lowest BCUT2D eigenvalue weighted by Crippen LogP contribution is -2.55. The van der Waals surface area contributed by atoms with Gasteiger partial charge in [0.05, 0.1) is 6.04 Å². The number of fused-ring (bicyclic) bond motifs is 1. The zero-order valence-electron chi connectivity index (χ0n) is 14.7. The number of rotatable bonds is 3. The fraction of sp³-hybridized carbons (Fsp3) is 0.611. The van der Waals surface area contributed by atoms with Gasteiger partial charge < -0.3 is 19.5 Å². The highest BCUT2D eigenvalue weighted by molar-refractivity contribution is 5.77. The molecule has 3 rings (SSSR count). The first-order chi connectivity index (χ1) is 12.1. The summed E-state index contributed by atoms with van der Waals surface area (Å²) in [6.45, 7) is 2.52. The summed E-state index contributed by atoms with van der Waals surface area (Å²) in [7, 11) is 0. The Morgan fingerprint density at radius 2 is 2.08 bits per heavy atom. The molecular weight excluding hydrogens is 351 g/mol. The molecule has 1 saturated heterocycles. The van der Waals surface area contributed by atoms with Gasteiger partial charge in [0.25, 0.3) is 0 Å². The first-order valence-electron chi connectivity index (χ1n) is 8.58. The fourth-order valence-corrected chi connectivity index (χ4v) is 3.46. The average Bonchev–Trinajstić information content (AvgIpc) is 2.55. The second kappa shape index (κ2) is 6.64. The van der Waals surface area contributed by atoms with E-state index in [4.69, 9.17) is 9.47 Å². The lowest BCUT2D eigenvalue weighted by molar-refractivity contribution is -0.153. The Hall–Kier alpha value is -1.96. The van der Waals surface area contributed by atoms with Crippen LogP contribution in [0.5, 0.6) is 11.5 Å². The standard InChI is InChI=1S/C18H22F3NO4/c1-17(2)16(24)15(22-8-4-3-5-14(22)23)12-9-11(6-7-13(12)26-17)25-10-18(19,20)21/h6-7,9,15-16,24H,3-5,8,10H2,1-2H3. The Labute approximate surface area is 149 Å². The maximum Gasteiger partial charge on any atom is 0.422 e. The Balaban J connectivity index is 1.97. The zero-order valence-corrected chi connectivity index (χ0v) is 14.7. The molecule has 5 nitrogen and oxygen atoms in total. The van der Waals surface area contributed by atoms with Crippen molar-refractivity contribution in [3.63, 3.8) is 0 Å². The molecule has 1 aromatic carbocycles. The van der Waals surface area contributed by atoms with E-state index in [1.165, 1.54) is 18.2 Å². The molecule has 1 N–H and O–H groups in total. The van der Waals surface area contributed by atoms with E-state index in [9.17, 15) is 23.1 Å². The van der Waals surface area contributed by atoms with E-state index in [2.05, 4.69) is 0 Å². The summed E-state index contributed by atoms with van der Waals surface area (Å²) in [5, 5.41) is 10.8. The van der Waals surface area contributed by atoms with Crippen LogP contribution in [0.4, 0.5) is 13.2 Å². The number of carbonyl (C=O) groups is 1. The van der Waals surface area contributed by atoms with Crippen molar-refractivity contribution >= 4 is 5.91 Å². The van der Waals surface area contributed by atoms with E-state index in [1.807, 2.05) is 0 Å². The van der Waals surface area contributed by atoms with Crippen LogP contribution in [-0.2, 0) is 4.79 Å². The average molecular weight is 373 g/mol. The number of likely N-dealkylation sites (tertiary alicyclic amines) is 1. The minimum Gasteiger partial charge on any atom is -0.485 e. The number of halogens is 3. The minimum absolute atomic E-state index is 0.0195. The van der Waals surface area contributed by atoms with Crippen LogP contribution >= 0.6 is 0 Å². The van der Waals surface area contributed by atoms with Crippen molar-refractivity contribution in [3.05, 3.63) is 23.8 Å². The quantitative estimate of drug-likeness (QED) is 0.884. The van der Waals surface area contributed by atoms with Gasteiger partial charge in [-0.3, -0.25) is 4.79 Å². The molecule has 0 saturated carbocycles. The summed E-state index contributed by atoms with van der Waals surface area (Å²) in [5.41, 5.74) is -0.476. The van der Waals surface area contributed by atoms with Crippen molar-refractivity contribution in [3.8, 4) is 11.5 Å². The molecule has 2 heterocycles. The van der Waals surface area contributed by atoms with Crippen LogP contribution in [0, 0.1) is 0 Å². The molecule has 1 fully saturated rings. The van der Waals surface area contributed by atoms with Gasteiger partial charge in [0.1, 0.15) is 23.2 Å². The van der Waals surface area contributed by atoms with Gasteiger partial charge >= 0.3 is 6.18 Å². The summed E-state index contributed by atoms with van der Waals surface area (Å²) in [6, 6.07) is 3.66. The van der Waals surface area contributed by atoms with Gasteiger partial charge in [-0.2, -0.15) is 13.2 Å². The van der Waals surface area contributed by atoms with Gasteiger partial charge in [-0.15, -0.1) is 0 Å². The van der Waals surface area contributed by atoms with E-state index >= 15 is 0 Å². The smallest absolute Gasteiger partial charge is 0.422 e. The van der Waals surface area contributed by atoms with Gasteiger partial charge in [-0.1, -0.05) is 0 Å². The van der Waals surface area contributed by atoms with Gasteiger partial charge in [0.2, 0.25) is 5.91 Å². The van der Waals surface area contributed by atoms with Crippen molar-refractivity contribution < 1.29 is 32.5 Å². The van der Waals surface area contributed by atoms with E-state index in [1.54, 1.807) is 18.7 Å². The Morgan fingerprint density at radius 1 is 1.35 bits per heavy atom. The first-order valence-corrected chi connectivity index (χ1v) is 8.58. The van der Waals surface area contributed by atoms with Gasteiger partial charge in [-0.05, 0) is 44.9 Å². The summed E-state index contributed by atoms with van der Waals surface area (Å²) in [5.74, 6) is 0.375. The number of benzene rings is 1. The lowest BCUT2D eigenvalue weighted by Gasteiger charge is -2.47. The molecule has 26 heavy (non-hydrogen) atoms. The Morgan fingerprint density at radius 3 is 2.73 bits per heavy atom. The molecule has 1 aromatic rings. The summed E-state index contributed by atoms with van der Waals surface area (Å²) in [6.07, 6.45) is -3.47. The molecule has 0 spiro atoms. The van der Waals surface area contributed by atoms with Crippen molar-refractivity contribution in [1.29, 1.82) is 0 Å². The molecule has 2 aliphatic heterocycles. The molecule has 0 aromatic heterocycles. The second-order valence-electron chi connectivity index (χ2n) is 7.24. The predicted molar refractivity (Wildman–Crippen MR) is 87.0 cm³/mol. The molecule has 0 radical (unpaired) electrons. The van der Waals surface area contributed by atoms with Crippen LogP contribution in [0.3, 0.4) is 0 Å². The number of alkyl halides is 3. The number of aliphatic hydroxyl groups is 1. The summed E-state index contributed by atoms with van der Waals surface area (Å²) in [4.78, 5) is 14.0. The van der Waals surface area contributed by atoms with Crippen LogP contribution in [0.25, 0.3) is 0 Å². The number of nitrogens with zero attached hydrogens (tertiary/aromatic N) is 1. The topological polar surface area (TPSA) is 59.0 Å². The van der Waals surface area contributed by atoms with Gasteiger partial charge in [-0.25, -0.2) is 0 Å². The van der Waals surface area contributed by atoms with Gasteiger partial charge in [0.15, 0.2) is 6.61 Å². The molecule has 8 heteroatoms. The Bertz CT molecular complexity index is 690. The highest BCUT2D eigenvalue weighted by Gasteiger charge is 2.47. The first kappa shape index (κ1) is 18.8. The van der Waals surface area contributed by atoms with Crippen LogP contribution in [-0.4, -0.2) is 46.9 Å². The van der Waals surface area contributed by atoms with Crippen LogP contribution in [0.1, 0.15) is 44.7 Å². The zero-order chi connectivity index (χ0) is 19.1. The van der Waals surface area contributed by atoms with Crippen molar-refractivity contribution in [1.82, 2.24) is 4.90 Å². The molecular formula is C18H22F3NO4. The number of amides is 1. The van der Waals surface area contributed by atoms with Crippen LogP contribution < -0.4 is 9.47 Å². The molecule has 2 unspecified atom stereocenters. The number of aliphatic hydroxyl groups excluding tert-OH is 1. The third-order valence-corrected chi connectivity index (χ3v) is 4.78. The maximum atomic E-state index is 12.4. The fourth-order valence-electron chi connectivity index (χ4n) is 3.46. The highest BCUT2D eigenvalue weighted by atomic mass is 19.4. The highest BCUT2D eigenvalue weighted by Crippen LogP contribution is 2.45. The third kappa shape index (κ3) is 3.75. The van der Waals surface area contributed by atoms with Gasteiger partial charge in [0, 0.05) is 18.5 Å². The third-order valence-electron chi connectivity index (χ3n) is 4.78. The number of hydrogen-bond acceptors (Lipinski definition) is 4. The Kier molecular flexibility index (Phi) is 4.81. The molecule has 2 atom stereocenters. The van der Waals surface area contributed by atoms with Crippen molar-refractivity contribution in [2.75, 3.05) is 13.2 Å². The molecule has 0 aliphatic carbocycles. The number of ether oxygens (including phenoxy) is 2. The second-order valence-corrected chi connectivity index (χ2v) is 7.24. The largest absolute Gasteiger partial charge is 0.485 e. The SMILES string of the molecule is CC1(C)Oc2ccc(OCC(F)(F)F)cc2C(N2CCCCC2=O)C1O. The summed E-state index contributed by atoms with van der Waals surface area (Å²) >= 11 is 0. The molecule has 0 bridgehead atoms. The van der Waals surface area contributed by atoms with E-state index in [-0.39, 0.29) is 11.7 Å². The summed E-state index contributed by atoms with van der Waals surface area (Å²) < 4.78 is 47.9. The van der Waals surface area contributed by atoms with E-state index in [0.717, 1.165) is 12.8 Å².